The number of Topliss-reactive ketones (excluding diaryl/α,β-unsaturated/α-hetero) is 1. The summed E-state index contributed by atoms with van der Waals surface area (Å²) in [5, 5.41) is 11.2. The number of ketones is 1. The van der Waals surface area contributed by atoms with Crippen LogP contribution in [0, 0.1) is 0 Å². The van der Waals surface area contributed by atoms with Crippen LogP contribution in [-0.2, 0) is 9.59 Å². The average molecular weight is 469 g/mol. The number of hydrogen-bond donors (Lipinski definition) is 1. The first-order valence-electron chi connectivity index (χ1n) is 11.2. The number of hydrogen-bond acceptors (Lipinski definition) is 7. The predicted octanol–water partition coefficient (Wildman–Crippen LogP) is 3.48. The van der Waals surface area contributed by atoms with E-state index in [9.17, 15) is 14.7 Å². The van der Waals surface area contributed by atoms with Crippen molar-refractivity contribution >= 4 is 17.4 Å². The van der Waals surface area contributed by atoms with Gasteiger partial charge in [0.05, 0.1) is 32.4 Å². The second kappa shape index (κ2) is 11.1. The highest BCUT2D eigenvalue weighted by atomic mass is 16.5. The van der Waals surface area contributed by atoms with Crippen LogP contribution >= 0.6 is 0 Å². The molecule has 1 unspecified atom stereocenters. The van der Waals surface area contributed by atoms with Crippen LogP contribution in [-0.4, -0.2) is 74.6 Å². The largest absolute Gasteiger partial charge is 0.507 e. The first-order valence-corrected chi connectivity index (χ1v) is 11.2. The molecule has 1 heterocycles. The smallest absolute Gasteiger partial charge is 0.295 e. The summed E-state index contributed by atoms with van der Waals surface area (Å²) >= 11 is 0. The lowest BCUT2D eigenvalue weighted by molar-refractivity contribution is -0.140. The van der Waals surface area contributed by atoms with E-state index in [4.69, 9.17) is 14.2 Å². The van der Waals surface area contributed by atoms with Gasteiger partial charge in [-0.05, 0) is 64.3 Å². The van der Waals surface area contributed by atoms with E-state index in [2.05, 4.69) is 0 Å². The van der Waals surface area contributed by atoms with Crippen molar-refractivity contribution in [3.8, 4) is 17.2 Å². The number of benzene rings is 2. The monoisotopic (exact) mass is 468 g/mol. The van der Waals surface area contributed by atoms with E-state index in [0.717, 1.165) is 6.54 Å². The summed E-state index contributed by atoms with van der Waals surface area (Å²) in [6.45, 7) is 3.48. The Morgan fingerprint density at radius 2 is 1.76 bits per heavy atom. The summed E-state index contributed by atoms with van der Waals surface area (Å²) in [4.78, 5) is 29.9. The standard InChI is InChI=1S/C26H32N2O6/c1-6-34-18-13-11-17(12-14-18)23(29)21-22(19-9-7-10-20(32-4)25(19)33-5)28(26(31)24(21)30)16-8-15-27(2)3/h7,9-14,22,29H,6,8,15-16H2,1-5H3. The molecule has 1 N–H and O–H groups in total. The Bertz CT molecular complexity index is 1060. The highest BCUT2D eigenvalue weighted by Gasteiger charge is 2.47. The van der Waals surface area contributed by atoms with Crippen LogP contribution in [0.3, 0.4) is 0 Å². The highest BCUT2D eigenvalue weighted by Crippen LogP contribution is 2.45. The number of ether oxygens (including phenoxy) is 3. The van der Waals surface area contributed by atoms with Crippen molar-refractivity contribution in [1.29, 1.82) is 0 Å². The van der Waals surface area contributed by atoms with Crippen molar-refractivity contribution in [3.05, 3.63) is 59.2 Å². The van der Waals surface area contributed by atoms with Crippen molar-refractivity contribution in [3.63, 3.8) is 0 Å². The van der Waals surface area contributed by atoms with Crippen LogP contribution in [0.15, 0.2) is 48.0 Å². The fraction of sp³-hybridized carbons (Fsp3) is 0.385. The second-order valence-electron chi connectivity index (χ2n) is 8.19. The number of carbonyl (C=O) groups is 2. The number of nitrogens with zero attached hydrogens (tertiary/aromatic N) is 2. The number of rotatable bonds is 10. The maximum Gasteiger partial charge on any atom is 0.295 e. The maximum atomic E-state index is 13.2. The van der Waals surface area contributed by atoms with Gasteiger partial charge in [0.15, 0.2) is 11.5 Å². The summed E-state index contributed by atoms with van der Waals surface area (Å²) in [5.74, 6) is -0.0974. The van der Waals surface area contributed by atoms with Crippen LogP contribution in [0.4, 0.5) is 0 Å². The number of amides is 1. The summed E-state index contributed by atoms with van der Waals surface area (Å²) in [5.41, 5.74) is 1.01. The number of para-hydroxylation sites is 1. The third kappa shape index (κ3) is 5.02. The number of aliphatic hydroxyl groups excluding tert-OH is 1. The van der Waals surface area contributed by atoms with Crippen molar-refractivity contribution in [1.82, 2.24) is 9.80 Å². The average Bonchev–Trinajstić information content (AvgIpc) is 3.08. The van der Waals surface area contributed by atoms with E-state index in [0.29, 0.717) is 47.9 Å². The zero-order valence-corrected chi connectivity index (χ0v) is 20.3. The SMILES string of the molecule is CCOc1ccc(C(O)=C2C(=O)C(=O)N(CCCN(C)C)C2c2cccc(OC)c2OC)cc1. The molecule has 34 heavy (non-hydrogen) atoms. The molecule has 0 aliphatic carbocycles. The maximum absolute atomic E-state index is 13.2. The van der Waals surface area contributed by atoms with E-state index < -0.39 is 17.7 Å². The molecule has 1 amide bonds. The number of likely N-dealkylation sites (tertiary alicyclic amines) is 1. The van der Waals surface area contributed by atoms with Gasteiger partial charge in [-0.2, -0.15) is 0 Å². The molecule has 0 bridgehead atoms. The van der Waals surface area contributed by atoms with Gasteiger partial charge in [-0.1, -0.05) is 12.1 Å². The lowest BCUT2D eigenvalue weighted by atomic mass is 9.94. The van der Waals surface area contributed by atoms with Gasteiger partial charge in [0.2, 0.25) is 0 Å². The number of methoxy groups -OCH3 is 2. The van der Waals surface area contributed by atoms with Gasteiger partial charge in [0.25, 0.3) is 11.7 Å². The van der Waals surface area contributed by atoms with Gasteiger partial charge >= 0.3 is 0 Å². The van der Waals surface area contributed by atoms with E-state index in [1.807, 2.05) is 25.9 Å². The molecule has 0 saturated carbocycles. The summed E-state index contributed by atoms with van der Waals surface area (Å²) < 4.78 is 16.5. The lowest BCUT2D eigenvalue weighted by Gasteiger charge is -2.27. The molecule has 1 fully saturated rings. The van der Waals surface area contributed by atoms with Crippen LogP contribution in [0.1, 0.15) is 30.5 Å². The minimum absolute atomic E-state index is 0.0190. The first kappa shape index (κ1) is 25.1. The predicted molar refractivity (Wildman–Crippen MR) is 129 cm³/mol. The zero-order chi connectivity index (χ0) is 24.8. The fourth-order valence-electron chi connectivity index (χ4n) is 4.15. The summed E-state index contributed by atoms with van der Waals surface area (Å²) in [7, 11) is 6.92. The van der Waals surface area contributed by atoms with Crippen LogP contribution in [0.5, 0.6) is 17.2 Å². The van der Waals surface area contributed by atoms with Crippen LogP contribution < -0.4 is 14.2 Å². The summed E-state index contributed by atoms with van der Waals surface area (Å²) in [6.07, 6.45) is 0.659. The molecular formula is C26H32N2O6. The third-order valence-electron chi connectivity index (χ3n) is 5.71. The van der Waals surface area contributed by atoms with Crippen molar-refractivity contribution in [2.75, 3.05) is 48.0 Å². The van der Waals surface area contributed by atoms with E-state index in [-0.39, 0.29) is 11.3 Å². The van der Waals surface area contributed by atoms with Crippen molar-refractivity contribution in [2.24, 2.45) is 0 Å². The molecule has 182 valence electrons. The van der Waals surface area contributed by atoms with Gasteiger partial charge < -0.3 is 29.1 Å². The molecule has 8 heteroatoms. The van der Waals surface area contributed by atoms with E-state index in [1.165, 1.54) is 19.1 Å². The van der Waals surface area contributed by atoms with Gasteiger partial charge in [0.1, 0.15) is 11.5 Å². The normalized spacial score (nSPS) is 17.4. The highest BCUT2D eigenvalue weighted by molar-refractivity contribution is 6.46. The van der Waals surface area contributed by atoms with Crippen LogP contribution in [0.25, 0.3) is 5.76 Å². The fourth-order valence-corrected chi connectivity index (χ4v) is 4.15. The molecule has 1 saturated heterocycles. The number of aliphatic hydroxyl groups is 1. The van der Waals surface area contributed by atoms with Crippen molar-refractivity contribution in [2.45, 2.75) is 19.4 Å². The number of carbonyl (C=O) groups excluding carboxylic acids is 2. The van der Waals surface area contributed by atoms with E-state index >= 15 is 0 Å². The van der Waals surface area contributed by atoms with Crippen molar-refractivity contribution < 1.29 is 28.9 Å². The molecule has 8 nitrogen and oxygen atoms in total. The summed E-state index contributed by atoms with van der Waals surface area (Å²) in [6, 6.07) is 11.2. The molecule has 1 aliphatic rings. The molecular weight excluding hydrogens is 436 g/mol. The van der Waals surface area contributed by atoms with Gasteiger partial charge in [0, 0.05) is 17.7 Å². The second-order valence-corrected chi connectivity index (χ2v) is 8.19. The minimum atomic E-state index is -0.821. The lowest BCUT2D eigenvalue weighted by Crippen LogP contribution is -2.32. The molecule has 0 radical (unpaired) electrons. The Hall–Kier alpha value is -3.52. The molecule has 1 aliphatic heterocycles. The molecule has 2 aromatic rings. The molecule has 0 aromatic heterocycles. The van der Waals surface area contributed by atoms with Gasteiger partial charge in [-0.15, -0.1) is 0 Å². The Balaban J connectivity index is 2.15. The Morgan fingerprint density at radius 3 is 2.35 bits per heavy atom. The topological polar surface area (TPSA) is 88.5 Å². The first-order chi connectivity index (χ1) is 16.3. The van der Waals surface area contributed by atoms with Crippen LogP contribution in [0.2, 0.25) is 0 Å². The van der Waals surface area contributed by atoms with Gasteiger partial charge in [-0.3, -0.25) is 9.59 Å². The third-order valence-corrected chi connectivity index (χ3v) is 5.71. The molecule has 1 atom stereocenters. The van der Waals surface area contributed by atoms with Gasteiger partial charge in [-0.25, -0.2) is 0 Å². The zero-order valence-electron chi connectivity index (χ0n) is 20.3. The molecule has 2 aromatic carbocycles. The minimum Gasteiger partial charge on any atom is -0.507 e. The van der Waals surface area contributed by atoms with E-state index in [1.54, 1.807) is 42.5 Å². The Kier molecular flexibility index (Phi) is 8.17. The Morgan fingerprint density at radius 1 is 1.06 bits per heavy atom. The molecule has 0 spiro atoms. The molecule has 3 rings (SSSR count). The Labute approximate surface area is 200 Å². The quantitative estimate of drug-likeness (QED) is 0.324.